The number of rotatable bonds is 11. The quantitative estimate of drug-likeness (QED) is 0.0993. The smallest absolute Gasteiger partial charge is 0.417 e. The van der Waals surface area contributed by atoms with Gasteiger partial charge >= 0.3 is 12.3 Å². The number of allylic oxidation sites excluding steroid dienone is 2. The molecule has 2 aromatic carbocycles. The number of methoxy groups -OCH3 is 1. The molecule has 0 aliphatic carbocycles. The number of aromatic nitrogens is 2. The van der Waals surface area contributed by atoms with Gasteiger partial charge in [-0.1, -0.05) is 50.3 Å². The Bertz CT molecular complexity index is 1900. The number of likely N-dealkylation sites (tertiary alicyclic amines) is 1. The van der Waals surface area contributed by atoms with E-state index in [2.05, 4.69) is 42.5 Å². The van der Waals surface area contributed by atoms with E-state index in [1.807, 2.05) is 20.8 Å². The number of amides is 3. The molecule has 3 unspecified atom stereocenters. The van der Waals surface area contributed by atoms with Gasteiger partial charge in [0.1, 0.15) is 17.7 Å². The van der Waals surface area contributed by atoms with Crippen LogP contribution in [0.5, 0.6) is 0 Å². The summed E-state index contributed by atoms with van der Waals surface area (Å²) in [5.41, 5.74) is 1.02. The van der Waals surface area contributed by atoms with Gasteiger partial charge in [-0.05, 0) is 74.2 Å². The van der Waals surface area contributed by atoms with E-state index in [4.69, 9.17) is 4.74 Å². The maximum atomic E-state index is 14.4. The lowest BCUT2D eigenvalue weighted by atomic mass is 9.97. The number of nitrogens with one attached hydrogen (secondary N) is 4. The zero-order valence-electron chi connectivity index (χ0n) is 31.1. The molecule has 0 bridgehead atoms. The lowest BCUT2D eigenvalue weighted by Crippen LogP contribution is -2.51. The number of aliphatic imine (C=N–C) groups is 1. The van der Waals surface area contributed by atoms with Gasteiger partial charge in [-0.25, -0.2) is 14.8 Å². The summed E-state index contributed by atoms with van der Waals surface area (Å²) in [4.78, 5) is 54.1. The molecule has 5 rings (SSSR count). The van der Waals surface area contributed by atoms with Crippen LogP contribution >= 0.6 is 0 Å². The number of hydrogen-bond acceptors (Lipinski definition) is 8. The highest BCUT2D eigenvalue weighted by Gasteiger charge is 2.38. The molecular formula is C39H47F3N8O4. The van der Waals surface area contributed by atoms with Gasteiger partial charge in [0.2, 0.25) is 5.91 Å². The summed E-state index contributed by atoms with van der Waals surface area (Å²) in [6, 6.07) is 9.39. The molecule has 1 aromatic heterocycles. The number of nitrogens with zero attached hydrogens (tertiary/aromatic N) is 4. The average Bonchev–Trinajstić information content (AvgIpc) is 3.84. The lowest BCUT2D eigenvalue weighted by molar-refractivity contribution is -0.137. The van der Waals surface area contributed by atoms with Crippen LogP contribution in [0.3, 0.4) is 0 Å². The molecule has 3 atom stereocenters. The van der Waals surface area contributed by atoms with Crippen LogP contribution in [0.25, 0.3) is 22.4 Å². The summed E-state index contributed by atoms with van der Waals surface area (Å²) >= 11 is 0. The standard InChI is InChI=1S/C39H47F3N8O4/c1-23(2)34(48-38(53)54-6)37(52)50-18-7-8-32(50)35-45-22-31(47-35)27-12-10-26(11-13-27)29-15-14-28(20-30(29)39(40,41)42)46-36(51)24(3)9-16-33(43-5)49-19-17-44-21-25(49)4/h9-16,20,22-23,25,32,34,44H,5,7-8,17-19,21H2,1-4,6H3,(H,45,47)(H,46,51)(H,48,53). The highest BCUT2D eigenvalue weighted by Crippen LogP contribution is 2.39. The summed E-state index contributed by atoms with van der Waals surface area (Å²) in [5.74, 6) is 0.231. The van der Waals surface area contributed by atoms with Crippen LogP contribution in [0.4, 0.5) is 23.7 Å². The molecule has 15 heteroatoms. The average molecular weight is 749 g/mol. The number of H-pyrrole nitrogens is 1. The second-order valence-electron chi connectivity index (χ2n) is 13.8. The molecule has 12 nitrogen and oxygen atoms in total. The first-order valence-electron chi connectivity index (χ1n) is 17.9. The summed E-state index contributed by atoms with van der Waals surface area (Å²) in [7, 11) is 1.24. The minimum absolute atomic E-state index is 0.00689. The number of piperazine rings is 1. The number of ether oxygens (including phenoxy) is 1. The molecule has 3 amide bonds. The van der Waals surface area contributed by atoms with Crippen molar-refractivity contribution in [1.82, 2.24) is 30.4 Å². The second kappa shape index (κ2) is 17.1. The highest BCUT2D eigenvalue weighted by atomic mass is 19.4. The Morgan fingerprint density at radius 3 is 2.44 bits per heavy atom. The van der Waals surface area contributed by atoms with Crippen molar-refractivity contribution in [2.75, 3.05) is 38.6 Å². The first-order valence-corrected chi connectivity index (χ1v) is 17.9. The van der Waals surface area contributed by atoms with Crippen molar-refractivity contribution in [2.45, 2.75) is 64.8 Å². The summed E-state index contributed by atoms with van der Waals surface area (Å²) in [5, 5.41) is 8.52. The number of benzene rings is 2. The summed E-state index contributed by atoms with van der Waals surface area (Å²) in [6.45, 7) is 13.8. The van der Waals surface area contributed by atoms with Gasteiger partial charge in [-0.3, -0.25) is 9.59 Å². The van der Waals surface area contributed by atoms with E-state index in [0.717, 1.165) is 32.1 Å². The molecular weight excluding hydrogens is 701 g/mol. The van der Waals surface area contributed by atoms with Crippen molar-refractivity contribution >= 4 is 30.3 Å². The van der Waals surface area contributed by atoms with Gasteiger partial charge in [0, 0.05) is 43.5 Å². The Morgan fingerprint density at radius 2 is 1.80 bits per heavy atom. The Kier molecular flexibility index (Phi) is 12.6. The van der Waals surface area contributed by atoms with Crippen molar-refractivity contribution in [1.29, 1.82) is 0 Å². The molecule has 288 valence electrons. The number of hydrogen-bond donors (Lipinski definition) is 4. The Morgan fingerprint density at radius 1 is 1.07 bits per heavy atom. The van der Waals surface area contributed by atoms with E-state index in [-0.39, 0.29) is 40.7 Å². The van der Waals surface area contributed by atoms with Crippen LogP contribution in [0.15, 0.2) is 77.2 Å². The van der Waals surface area contributed by atoms with E-state index in [1.165, 1.54) is 19.2 Å². The molecule has 2 aliphatic heterocycles. The topological polar surface area (TPSA) is 144 Å². The number of alkyl halides is 3. The lowest BCUT2D eigenvalue weighted by Gasteiger charge is -2.35. The SMILES string of the molecule is C=NC(=CC=C(C)C(=O)Nc1ccc(-c2ccc(-c3cnc(C4CCCN4C(=O)C(NC(=O)OC)C(C)C)[nH]3)cc2)c(C(F)(F)F)c1)N1CCNCC1C. The highest BCUT2D eigenvalue weighted by molar-refractivity contribution is 6.03. The number of carbonyl (C=O) groups is 3. The molecule has 54 heavy (non-hydrogen) atoms. The zero-order valence-corrected chi connectivity index (χ0v) is 31.1. The number of halogens is 3. The fourth-order valence-corrected chi connectivity index (χ4v) is 6.71. The van der Waals surface area contributed by atoms with Gasteiger partial charge in [-0.2, -0.15) is 13.2 Å². The second-order valence-corrected chi connectivity index (χ2v) is 13.8. The molecule has 3 aromatic rings. The van der Waals surface area contributed by atoms with Crippen molar-refractivity contribution in [3.05, 3.63) is 83.6 Å². The molecule has 2 saturated heterocycles. The first-order chi connectivity index (χ1) is 25.7. The van der Waals surface area contributed by atoms with E-state index in [0.29, 0.717) is 41.4 Å². The minimum atomic E-state index is -4.70. The molecule has 0 saturated carbocycles. The van der Waals surface area contributed by atoms with E-state index in [9.17, 15) is 27.6 Å². The fourth-order valence-electron chi connectivity index (χ4n) is 6.71. The molecule has 0 radical (unpaired) electrons. The van der Waals surface area contributed by atoms with Crippen molar-refractivity contribution in [3.63, 3.8) is 0 Å². The normalized spacial score (nSPS) is 18.8. The van der Waals surface area contributed by atoms with Gasteiger partial charge in [0.15, 0.2) is 0 Å². The van der Waals surface area contributed by atoms with Crippen LogP contribution in [0.2, 0.25) is 0 Å². The number of imidazole rings is 1. The van der Waals surface area contributed by atoms with E-state index >= 15 is 0 Å². The number of anilines is 1. The maximum absolute atomic E-state index is 14.4. The van der Waals surface area contributed by atoms with Crippen LogP contribution < -0.4 is 16.0 Å². The molecule has 4 N–H and O–H groups in total. The Labute approximate surface area is 313 Å². The van der Waals surface area contributed by atoms with Crippen molar-refractivity contribution < 1.29 is 32.3 Å². The summed E-state index contributed by atoms with van der Waals surface area (Å²) in [6.07, 6.45) is 0.936. The minimum Gasteiger partial charge on any atom is -0.453 e. The molecule has 2 fully saturated rings. The third kappa shape index (κ3) is 9.19. The Hall–Kier alpha value is -5.44. The van der Waals surface area contributed by atoms with E-state index in [1.54, 1.807) is 54.4 Å². The van der Waals surface area contributed by atoms with Crippen LogP contribution in [-0.4, -0.2) is 89.8 Å². The fraction of sp³-hybridized carbons (Fsp3) is 0.410. The van der Waals surface area contributed by atoms with Crippen molar-refractivity contribution in [3.8, 4) is 22.4 Å². The number of aromatic amines is 1. The van der Waals surface area contributed by atoms with Gasteiger partial charge < -0.3 is 35.5 Å². The number of alkyl carbamates (subject to hydrolysis) is 1. The molecule has 2 aliphatic rings. The Balaban J connectivity index is 1.31. The monoisotopic (exact) mass is 748 g/mol. The predicted molar refractivity (Wildman–Crippen MR) is 201 cm³/mol. The van der Waals surface area contributed by atoms with Crippen molar-refractivity contribution in [2.24, 2.45) is 10.9 Å². The predicted octanol–water partition coefficient (Wildman–Crippen LogP) is 6.53. The maximum Gasteiger partial charge on any atom is 0.417 e. The van der Waals surface area contributed by atoms with Gasteiger partial charge in [0.05, 0.1) is 30.6 Å². The number of carbonyl (C=O) groups excluding carboxylic acids is 3. The van der Waals surface area contributed by atoms with E-state index < -0.39 is 29.8 Å². The van der Waals surface area contributed by atoms with Crippen LogP contribution in [-0.2, 0) is 20.5 Å². The van der Waals surface area contributed by atoms with Gasteiger partial charge in [-0.15, -0.1) is 0 Å². The largest absolute Gasteiger partial charge is 0.453 e. The third-order valence-electron chi connectivity index (χ3n) is 9.73. The first kappa shape index (κ1) is 39.8. The van der Waals surface area contributed by atoms with Gasteiger partial charge in [0.25, 0.3) is 5.91 Å². The molecule has 3 heterocycles. The summed E-state index contributed by atoms with van der Waals surface area (Å²) < 4.78 is 47.9. The molecule has 0 spiro atoms. The zero-order chi connectivity index (χ0) is 39.2. The third-order valence-corrected chi connectivity index (χ3v) is 9.73. The van der Waals surface area contributed by atoms with Crippen LogP contribution in [0, 0.1) is 5.92 Å². The van der Waals surface area contributed by atoms with Crippen LogP contribution in [0.1, 0.15) is 58.0 Å².